The van der Waals surface area contributed by atoms with Crippen LogP contribution < -0.4 is 5.32 Å². The molecule has 1 unspecified atom stereocenters. The number of hydrogen-bond acceptors (Lipinski definition) is 4. The smallest absolute Gasteiger partial charge is 0.122 e. The molecule has 1 aromatic rings. The van der Waals surface area contributed by atoms with Crippen LogP contribution >= 0.6 is 11.8 Å². The Balaban J connectivity index is 1.84. The Morgan fingerprint density at radius 3 is 3.10 bits per heavy atom. The van der Waals surface area contributed by atoms with Crippen molar-refractivity contribution >= 4 is 11.8 Å². The minimum atomic E-state index is 0.690. The molecule has 2 heterocycles. The molecule has 3 nitrogen and oxygen atoms in total. The third kappa shape index (κ3) is 4.83. The van der Waals surface area contributed by atoms with Crippen molar-refractivity contribution in [3.63, 3.8) is 0 Å². The standard InChI is InChI=1S/C16H28N2OS/c1-4-15-11-18(6-8-20-15)12-16-14(5-7-19-16)10-17-9-13(2)3/h5,7,13,15,17H,4,6,8-12H2,1-3H3. The van der Waals surface area contributed by atoms with Gasteiger partial charge in [-0.15, -0.1) is 0 Å². The van der Waals surface area contributed by atoms with Crippen LogP contribution in [-0.2, 0) is 13.1 Å². The molecule has 20 heavy (non-hydrogen) atoms. The highest BCUT2D eigenvalue weighted by atomic mass is 32.2. The molecule has 4 heteroatoms. The molecule has 1 fully saturated rings. The molecule has 0 bridgehead atoms. The number of thioether (sulfide) groups is 1. The first-order valence-corrected chi connectivity index (χ1v) is 8.83. The summed E-state index contributed by atoms with van der Waals surface area (Å²) in [5.74, 6) is 3.08. The Morgan fingerprint density at radius 2 is 2.35 bits per heavy atom. The lowest BCUT2D eigenvalue weighted by atomic mass is 10.2. The Labute approximate surface area is 127 Å². The van der Waals surface area contributed by atoms with Gasteiger partial charge in [-0.25, -0.2) is 0 Å². The number of hydrogen-bond donors (Lipinski definition) is 1. The van der Waals surface area contributed by atoms with E-state index in [1.165, 1.54) is 30.8 Å². The lowest BCUT2D eigenvalue weighted by molar-refractivity contribution is 0.249. The van der Waals surface area contributed by atoms with Crippen LogP contribution in [0.25, 0.3) is 0 Å². The second-order valence-corrected chi connectivity index (χ2v) is 7.44. The van der Waals surface area contributed by atoms with Gasteiger partial charge < -0.3 is 9.73 Å². The van der Waals surface area contributed by atoms with Gasteiger partial charge in [0.15, 0.2) is 0 Å². The molecule has 1 aliphatic heterocycles. The Bertz CT molecular complexity index is 392. The molecule has 0 amide bonds. The third-order valence-electron chi connectivity index (χ3n) is 3.75. The second-order valence-electron chi connectivity index (χ2n) is 6.03. The van der Waals surface area contributed by atoms with Crippen molar-refractivity contribution in [1.82, 2.24) is 10.2 Å². The zero-order chi connectivity index (χ0) is 14.4. The van der Waals surface area contributed by atoms with E-state index in [9.17, 15) is 0 Å². The number of furan rings is 1. The molecule has 114 valence electrons. The molecule has 0 spiro atoms. The van der Waals surface area contributed by atoms with Gasteiger partial charge in [-0.05, 0) is 24.9 Å². The van der Waals surface area contributed by atoms with E-state index in [-0.39, 0.29) is 0 Å². The SMILES string of the molecule is CCC1CN(Cc2occc2CNCC(C)C)CCS1. The summed E-state index contributed by atoms with van der Waals surface area (Å²) < 4.78 is 5.71. The van der Waals surface area contributed by atoms with Gasteiger partial charge in [-0.2, -0.15) is 11.8 Å². The van der Waals surface area contributed by atoms with Crippen LogP contribution in [0.15, 0.2) is 16.7 Å². The lowest BCUT2D eigenvalue weighted by Crippen LogP contribution is -2.37. The third-order valence-corrected chi connectivity index (χ3v) is 5.12. The quantitative estimate of drug-likeness (QED) is 0.835. The van der Waals surface area contributed by atoms with Crippen molar-refractivity contribution in [3.8, 4) is 0 Å². The topological polar surface area (TPSA) is 28.4 Å². The van der Waals surface area contributed by atoms with E-state index in [4.69, 9.17) is 4.42 Å². The summed E-state index contributed by atoms with van der Waals surface area (Å²) in [6, 6.07) is 2.11. The van der Waals surface area contributed by atoms with Gasteiger partial charge in [0.05, 0.1) is 12.8 Å². The van der Waals surface area contributed by atoms with Gasteiger partial charge in [-0.3, -0.25) is 4.90 Å². The predicted octanol–water partition coefficient (Wildman–Crippen LogP) is 3.35. The van der Waals surface area contributed by atoms with Gasteiger partial charge in [0.1, 0.15) is 5.76 Å². The molecule has 1 N–H and O–H groups in total. The summed E-state index contributed by atoms with van der Waals surface area (Å²) >= 11 is 2.12. The molecule has 1 aromatic heterocycles. The van der Waals surface area contributed by atoms with E-state index in [1.807, 2.05) is 6.26 Å². The monoisotopic (exact) mass is 296 g/mol. The van der Waals surface area contributed by atoms with Crippen molar-refractivity contribution in [2.24, 2.45) is 5.92 Å². The number of nitrogens with zero attached hydrogens (tertiary/aromatic N) is 1. The highest BCUT2D eigenvalue weighted by molar-refractivity contribution is 8.00. The first-order chi connectivity index (χ1) is 9.69. The summed E-state index contributed by atoms with van der Waals surface area (Å²) in [6.45, 7) is 12.1. The summed E-state index contributed by atoms with van der Waals surface area (Å²) in [7, 11) is 0. The van der Waals surface area contributed by atoms with E-state index < -0.39 is 0 Å². The van der Waals surface area contributed by atoms with Crippen LogP contribution in [0.1, 0.15) is 38.5 Å². The zero-order valence-electron chi connectivity index (χ0n) is 13.0. The normalized spacial score (nSPS) is 20.7. The fourth-order valence-electron chi connectivity index (χ4n) is 2.53. The maximum atomic E-state index is 5.71. The largest absolute Gasteiger partial charge is 0.468 e. The van der Waals surface area contributed by atoms with Crippen LogP contribution in [0.5, 0.6) is 0 Å². The van der Waals surface area contributed by atoms with E-state index >= 15 is 0 Å². The van der Waals surface area contributed by atoms with Gasteiger partial charge in [0.2, 0.25) is 0 Å². The first-order valence-electron chi connectivity index (χ1n) is 7.79. The maximum absolute atomic E-state index is 5.71. The van der Waals surface area contributed by atoms with Crippen molar-refractivity contribution in [2.45, 2.75) is 45.5 Å². The van der Waals surface area contributed by atoms with Crippen LogP contribution in [0.2, 0.25) is 0 Å². The van der Waals surface area contributed by atoms with Crippen LogP contribution in [-0.4, -0.2) is 35.5 Å². The molecule has 0 aromatic carbocycles. The van der Waals surface area contributed by atoms with Gasteiger partial charge in [0.25, 0.3) is 0 Å². The Morgan fingerprint density at radius 1 is 1.50 bits per heavy atom. The second kappa shape index (κ2) is 8.11. The van der Waals surface area contributed by atoms with Crippen LogP contribution in [0.3, 0.4) is 0 Å². The van der Waals surface area contributed by atoms with Gasteiger partial charge in [-0.1, -0.05) is 20.8 Å². The van der Waals surface area contributed by atoms with Crippen LogP contribution in [0.4, 0.5) is 0 Å². The van der Waals surface area contributed by atoms with Gasteiger partial charge >= 0.3 is 0 Å². The highest BCUT2D eigenvalue weighted by Gasteiger charge is 2.20. The summed E-state index contributed by atoms with van der Waals surface area (Å²) in [4.78, 5) is 2.54. The van der Waals surface area contributed by atoms with E-state index in [0.29, 0.717) is 5.92 Å². The fourth-order valence-corrected chi connectivity index (χ4v) is 3.78. The molecule has 1 atom stereocenters. The van der Waals surface area contributed by atoms with E-state index in [1.54, 1.807) is 0 Å². The number of rotatable bonds is 7. The van der Waals surface area contributed by atoms with Crippen LogP contribution in [0, 0.1) is 5.92 Å². The van der Waals surface area contributed by atoms with E-state index in [2.05, 4.69) is 48.8 Å². The first kappa shape index (κ1) is 15.9. The Hall–Kier alpha value is -0.450. The average Bonchev–Trinajstić information content (AvgIpc) is 2.86. The molecule has 0 aliphatic carbocycles. The van der Waals surface area contributed by atoms with Gasteiger partial charge in [0, 0.05) is 36.2 Å². The predicted molar refractivity (Wildman–Crippen MR) is 87.1 cm³/mol. The minimum Gasteiger partial charge on any atom is -0.468 e. The molecular weight excluding hydrogens is 268 g/mol. The van der Waals surface area contributed by atoms with Crippen molar-refractivity contribution in [2.75, 3.05) is 25.4 Å². The molecule has 1 aliphatic rings. The van der Waals surface area contributed by atoms with E-state index in [0.717, 1.165) is 30.6 Å². The van der Waals surface area contributed by atoms with Crippen molar-refractivity contribution in [3.05, 3.63) is 23.7 Å². The summed E-state index contributed by atoms with van der Waals surface area (Å²) in [6.07, 6.45) is 3.10. The summed E-state index contributed by atoms with van der Waals surface area (Å²) in [5.41, 5.74) is 1.32. The average molecular weight is 296 g/mol. The number of nitrogens with one attached hydrogen (secondary N) is 1. The molecule has 2 rings (SSSR count). The maximum Gasteiger partial charge on any atom is 0.122 e. The molecule has 0 saturated carbocycles. The van der Waals surface area contributed by atoms with Crippen molar-refractivity contribution < 1.29 is 4.42 Å². The molecular formula is C16H28N2OS. The fraction of sp³-hybridized carbons (Fsp3) is 0.750. The molecule has 0 radical (unpaired) electrons. The summed E-state index contributed by atoms with van der Waals surface area (Å²) in [5, 5.41) is 4.29. The molecule has 1 saturated heterocycles. The minimum absolute atomic E-state index is 0.690. The Kier molecular flexibility index (Phi) is 6.46. The van der Waals surface area contributed by atoms with Crippen molar-refractivity contribution in [1.29, 1.82) is 0 Å². The lowest BCUT2D eigenvalue weighted by Gasteiger charge is -2.31. The zero-order valence-corrected chi connectivity index (χ0v) is 13.8. The highest BCUT2D eigenvalue weighted by Crippen LogP contribution is 2.23.